The number of benzene rings is 3. The first-order valence-electron chi connectivity index (χ1n) is 16.6. The van der Waals surface area contributed by atoms with Crippen LogP contribution in [-0.2, 0) is 15.6 Å². The lowest BCUT2D eigenvalue weighted by Crippen LogP contribution is -2.34. The highest BCUT2D eigenvalue weighted by atomic mass is 19.3. The van der Waals surface area contributed by atoms with Gasteiger partial charge in [-0.15, -0.1) is 0 Å². The van der Waals surface area contributed by atoms with E-state index >= 15 is 17.6 Å². The molecule has 2 aliphatic rings. The fourth-order valence-corrected chi connectivity index (χ4v) is 6.78. The van der Waals surface area contributed by atoms with Crippen LogP contribution in [-0.4, -0.2) is 25.9 Å². The van der Waals surface area contributed by atoms with E-state index in [1.54, 1.807) is 0 Å². The molecule has 1 aliphatic heterocycles. The molecule has 2 atom stereocenters. The number of rotatable bonds is 13. The molecule has 50 heavy (non-hydrogen) atoms. The minimum absolute atomic E-state index is 0.120. The minimum Gasteiger partial charge on any atom is -0.453 e. The quantitative estimate of drug-likeness (QED) is 0.100. The summed E-state index contributed by atoms with van der Waals surface area (Å²) in [4.78, 5) is 0. The molecule has 0 aromatic heterocycles. The molecule has 272 valence electrons. The number of halogens is 9. The zero-order chi connectivity index (χ0) is 36.0. The molecule has 4 nitrogen and oxygen atoms in total. The molecule has 1 saturated carbocycles. The van der Waals surface area contributed by atoms with E-state index in [9.17, 15) is 22.0 Å². The van der Waals surface area contributed by atoms with Gasteiger partial charge in [-0.05, 0) is 117 Å². The molecule has 3 aromatic rings. The van der Waals surface area contributed by atoms with Gasteiger partial charge < -0.3 is 18.9 Å². The van der Waals surface area contributed by atoms with Crippen LogP contribution in [0.1, 0.15) is 75.3 Å². The highest BCUT2D eigenvalue weighted by molar-refractivity contribution is 5.66. The number of hydrogen-bond donors (Lipinski definition) is 0. The van der Waals surface area contributed by atoms with Gasteiger partial charge in [0.2, 0.25) is 0 Å². The molecule has 0 amide bonds. The Morgan fingerprint density at radius 3 is 2.08 bits per heavy atom. The molecule has 2 fully saturated rings. The van der Waals surface area contributed by atoms with Gasteiger partial charge in [0, 0.05) is 31.5 Å². The van der Waals surface area contributed by atoms with Crippen molar-refractivity contribution in [2.75, 3.05) is 19.8 Å². The minimum atomic E-state index is -4.56. The van der Waals surface area contributed by atoms with Crippen molar-refractivity contribution < 1.29 is 58.5 Å². The second kappa shape index (κ2) is 16.5. The molecular formula is C37H37F9O4. The maximum atomic E-state index is 15.1. The Morgan fingerprint density at radius 1 is 0.820 bits per heavy atom. The third-order valence-corrected chi connectivity index (χ3v) is 9.31. The fraction of sp³-hybridized carbons (Fsp3) is 0.459. The SMILES string of the molecule is CCCOCCC1CCC(C2CCC(c3cc(F)c(C(F)(F)Oc4ccc(-c5cc(F)c(OC=C(F)F)c(F)c5)c(F)c4)c(F)c3)CC2)OC1. The Labute approximate surface area is 284 Å². The highest BCUT2D eigenvalue weighted by Crippen LogP contribution is 2.43. The van der Waals surface area contributed by atoms with Gasteiger partial charge in [0.15, 0.2) is 23.6 Å². The van der Waals surface area contributed by atoms with Gasteiger partial charge in [-0.2, -0.15) is 17.6 Å². The van der Waals surface area contributed by atoms with Crippen molar-refractivity contribution in [2.45, 2.75) is 76.4 Å². The highest BCUT2D eigenvalue weighted by Gasteiger charge is 2.42. The average molecular weight is 717 g/mol. The Bertz CT molecular complexity index is 1600. The van der Waals surface area contributed by atoms with E-state index in [0.29, 0.717) is 49.5 Å². The lowest BCUT2D eigenvalue weighted by molar-refractivity contribution is -0.189. The van der Waals surface area contributed by atoms with Crippen molar-refractivity contribution in [3.8, 4) is 22.6 Å². The summed E-state index contributed by atoms with van der Waals surface area (Å²) in [5, 5.41) is 0. The van der Waals surface area contributed by atoms with Gasteiger partial charge in [0.1, 0.15) is 28.8 Å². The Hall–Kier alpha value is -3.71. The van der Waals surface area contributed by atoms with E-state index in [1.165, 1.54) is 0 Å². The van der Waals surface area contributed by atoms with E-state index in [-0.39, 0.29) is 23.8 Å². The van der Waals surface area contributed by atoms with E-state index in [2.05, 4.69) is 16.4 Å². The van der Waals surface area contributed by atoms with E-state index in [4.69, 9.17) is 9.47 Å². The standard InChI is InChI=1S/C37H37F9O4/c1-2-12-47-13-11-21-3-10-33(48-19-21)23-6-4-22(5-7-23)24-14-29(39)35(30(40)15-24)37(45,46)50-26-8-9-27(28(38)18-26)25-16-31(41)36(32(42)17-25)49-20-34(43)44/h8-9,14-18,20-23,33H,2-7,10-13,19H2,1H3. The molecule has 1 heterocycles. The summed E-state index contributed by atoms with van der Waals surface area (Å²) in [7, 11) is 0. The van der Waals surface area contributed by atoms with Gasteiger partial charge in [0.05, 0.1) is 6.10 Å². The lowest BCUT2D eigenvalue weighted by atomic mass is 9.75. The van der Waals surface area contributed by atoms with Gasteiger partial charge in [-0.3, -0.25) is 0 Å². The fourth-order valence-electron chi connectivity index (χ4n) is 6.78. The summed E-state index contributed by atoms with van der Waals surface area (Å²) in [5.41, 5.74) is -2.28. The van der Waals surface area contributed by atoms with Crippen LogP contribution in [0, 0.1) is 40.9 Å². The molecule has 13 heteroatoms. The van der Waals surface area contributed by atoms with Crippen LogP contribution < -0.4 is 9.47 Å². The summed E-state index contributed by atoms with van der Waals surface area (Å²) in [6.07, 6.45) is -0.255. The molecule has 0 N–H and O–H groups in total. The van der Waals surface area contributed by atoms with Crippen LogP contribution in [0.2, 0.25) is 0 Å². The van der Waals surface area contributed by atoms with Crippen LogP contribution in [0.15, 0.2) is 54.8 Å². The van der Waals surface area contributed by atoms with Crippen LogP contribution in [0.3, 0.4) is 0 Å². The first kappa shape index (κ1) is 37.5. The maximum Gasteiger partial charge on any atom is 0.432 e. The smallest absolute Gasteiger partial charge is 0.432 e. The third-order valence-electron chi connectivity index (χ3n) is 9.31. The molecule has 3 aromatic carbocycles. The van der Waals surface area contributed by atoms with E-state index in [1.807, 2.05) is 0 Å². The first-order valence-corrected chi connectivity index (χ1v) is 16.6. The third kappa shape index (κ3) is 9.14. The monoisotopic (exact) mass is 716 g/mol. The largest absolute Gasteiger partial charge is 0.453 e. The zero-order valence-electron chi connectivity index (χ0n) is 27.2. The van der Waals surface area contributed by atoms with Crippen molar-refractivity contribution in [3.05, 3.63) is 95.0 Å². The molecule has 1 saturated heterocycles. The molecule has 0 radical (unpaired) electrons. The number of hydrogen-bond acceptors (Lipinski definition) is 4. The van der Waals surface area contributed by atoms with E-state index < -0.39 is 69.5 Å². The van der Waals surface area contributed by atoms with Crippen LogP contribution >= 0.6 is 0 Å². The summed E-state index contributed by atoms with van der Waals surface area (Å²) >= 11 is 0. The second-order valence-electron chi connectivity index (χ2n) is 12.7. The normalized spacial score (nSPS) is 21.2. The molecule has 1 aliphatic carbocycles. The molecule has 0 spiro atoms. The lowest BCUT2D eigenvalue weighted by Gasteiger charge is -2.38. The van der Waals surface area contributed by atoms with Crippen LogP contribution in [0.4, 0.5) is 39.5 Å². The predicted octanol–water partition coefficient (Wildman–Crippen LogP) is 11.2. The van der Waals surface area contributed by atoms with Crippen molar-refractivity contribution in [3.63, 3.8) is 0 Å². The summed E-state index contributed by atoms with van der Waals surface area (Å²) in [5.74, 6) is -8.66. The van der Waals surface area contributed by atoms with E-state index in [0.717, 1.165) is 76.0 Å². The molecular weight excluding hydrogens is 679 g/mol. The molecule has 2 unspecified atom stereocenters. The summed E-state index contributed by atoms with van der Waals surface area (Å²) < 4.78 is 149. The van der Waals surface area contributed by atoms with Crippen molar-refractivity contribution in [1.82, 2.24) is 0 Å². The zero-order valence-corrected chi connectivity index (χ0v) is 27.2. The summed E-state index contributed by atoms with van der Waals surface area (Å²) in [6, 6.07) is 5.03. The topological polar surface area (TPSA) is 36.9 Å². The van der Waals surface area contributed by atoms with Gasteiger partial charge in [-0.25, -0.2) is 22.0 Å². The number of ether oxygens (including phenoxy) is 4. The van der Waals surface area contributed by atoms with Gasteiger partial charge in [0.25, 0.3) is 0 Å². The Morgan fingerprint density at radius 2 is 1.50 bits per heavy atom. The number of alkyl halides is 2. The van der Waals surface area contributed by atoms with Crippen LogP contribution in [0.25, 0.3) is 11.1 Å². The molecule has 5 rings (SSSR count). The van der Waals surface area contributed by atoms with Gasteiger partial charge in [-0.1, -0.05) is 6.92 Å². The van der Waals surface area contributed by atoms with Gasteiger partial charge >= 0.3 is 12.2 Å². The second-order valence-corrected chi connectivity index (χ2v) is 12.7. The molecule has 0 bridgehead atoms. The van der Waals surface area contributed by atoms with Crippen molar-refractivity contribution >= 4 is 0 Å². The van der Waals surface area contributed by atoms with Crippen LogP contribution in [0.5, 0.6) is 11.5 Å². The Balaban J connectivity index is 1.20. The first-order chi connectivity index (χ1) is 23.9. The average Bonchev–Trinajstić information content (AvgIpc) is 3.06. The summed E-state index contributed by atoms with van der Waals surface area (Å²) in [6.45, 7) is 4.23. The maximum absolute atomic E-state index is 15.1. The van der Waals surface area contributed by atoms with Crippen molar-refractivity contribution in [1.29, 1.82) is 0 Å². The predicted molar refractivity (Wildman–Crippen MR) is 166 cm³/mol. The van der Waals surface area contributed by atoms with Crippen molar-refractivity contribution in [2.24, 2.45) is 11.8 Å². The Kier molecular flexibility index (Phi) is 12.4.